The molecule has 0 atom stereocenters. The van der Waals surface area contributed by atoms with Crippen LogP contribution in [0.4, 0.5) is 5.69 Å². The van der Waals surface area contributed by atoms with Crippen molar-refractivity contribution in [1.82, 2.24) is 0 Å². The number of benzene rings is 3. The number of rotatable bonds is 8. The minimum atomic E-state index is -0.988. The molecule has 0 fully saturated rings. The summed E-state index contributed by atoms with van der Waals surface area (Å²) in [5.41, 5.74) is 3.40. The van der Waals surface area contributed by atoms with Crippen LogP contribution in [0.3, 0.4) is 0 Å². The second kappa shape index (κ2) is 10.6. The maximum absolute atomic E-state index is 12.4. The highest BCUT2D eigenvalue weighted by atomic mass is 16.5. The van der Waals surface area contributed by atoms with Gasteiger partial charge < -0.3 is 15.2 Å². The van der Waals surface area contributed by atoms with Gasteiger partial charge in [-0.15, -0.1) is 0 Å². The van der Waals surface area contributed by atoms with Crippen molar-refractivity contribution in [2.45, 2.75) is 20.0 Å². The van der Waals surface area contributed by atoms with Crippen LogP contribution in [-0.2, 0) is 17.8 Å². The van der Waals surface area contributed by atoms with E-state index in [2.05, 4.69) is 12.2 Å². The molecule has 32 heavy (non-hydrogen) atoms. The van der Waals surface area contributed by atoms with Crippen molar-refractivity contribution in [3.05, 3.63) is 101 Å². The average molecular weight is 426 g/mol. The first-order valence-electron chi connectivity index (χ1n) is 10.1. The first kappa shape index (κ1) is 22.3. The number of carbonyl (C=O) groups excluding carboxylic acids is 1. The van der Waals surface area contributed by atoms with Gasteiger partial charge in [0.25, 0.3) is 5.91 Å². The van der Waals surface area contributed by atoms with E-state index >= 15 is 0 Å². The molecule has 160 valence electrons. The molecular weight excluding hydrogens is 404 g/mol. The van der Waals surface area contributed by atoms with Crippen molar-refractivity contribution in [2.24, 2.45) is 0 Å². The fourth-order valence-electron chi connectivity index (χ4n) is 2.96. The number of hydrogen-bond acceptors (Lipinski definition) is 4. The number of ether oxygens (including phenoxy) is 1. The number of carbonyl (C=O) groups is 2. The van der Waals surface area contributed by atoms with Gasteiger partial charge in [0.1, 0.15) is 24.0 Å². The van der Waals surface area contributed by atoms with E-state index in [9.17, 15) is 14.9 Å². The third kappa shape index (κ3) is 6.07. The number of carboxylic acids is 1. The Morgan fingerprint density at radius 1 is 1.03 bits per heavy atom. The van der Waals surface area contributed by atoms with E-state index < -0.39 is 11.9 Å². The van der Waals surface area contributed by atoms with E-state index in [1.165, 1.54) is 12.1 Å². The summed E-state index contributed by atoms with van der Waals surface area (Å²) < 4.78 is 5.70. The molecule has 0 radical (unpaired) electrons. The lowest BCUT2D eigenvalue weighted by Crippen LogP contribution is -2.13. The number of anilines is 1. The Morgan fingerprint density at radius 3 is 2.38 bits per heavy atom. The van der Waals surface area contributed by atoms with E-state index in [-0.39, 0.29) is 17.7 Å². The summed E-state index contributed by atoms with van der Waals surface area (Å²) in [7, 11) is 0. The number of nitriles is 1. The molecule has 0 heterocycles. The lowest BCUT2D eigenvalue weighted by atomic mass is 10.1. The second-order valence-electron chi connectivity index (χ2n) is 7.04. The number of hydrogen-bond donors (Lipinski definition) is 2. The molecule has 6 heteroatoms. The summed E-state index contributed by atoms with van der Waals surface area (Å²) in [6.45, 7) is 2.27. The average Bonchev–Trinajstić information content (AvgIpc) is 2.82. The van der Waals surface area contributed by atoms with Crippen molar-refractivity contribution in [1.29, 1.82) is 5.26 Å². The van der Waals surface area contributed by atoms with Crippen LogP contribution in [0.25, 0.3) is 6.08 Å². The van der Waals surface area contributed by atoms with Gasteiger partial charge in [-0.05, 0) is 65.6 Å². The highest BCUT2D eigenvalue weighted by Crippen LogP contribution is 2.18. The number of aromatic carboxylic acids is 1. The predicted molar refractivity (Wildman–Crippen MR) is 122 cm³/mol. The quantitative estimate of drug-likeness (QED) is 0.387. The summed E-state index contributed by atoms with van der Waals surface area (Å²) in [5.74, 6) is -0.879. The third-order valence-corrected chi connectivity index (χ3v) is 4.76. The molecule has 0 spiro atoms. The zero-order chi connectivity index (χ0) is 22.9. The molecule has 0 bridgehead atoms. The predicted octanol–water partition coefficient (Wildman–Crippen LogP) is 5.07. The van der Waals surface area contributed by atoms with Crippen LogP contribution in [0.2, 0.25) is 0 Å². The van der Waals surface area contributed by atoms with Gasteiger partial charge in [0.2, 0.25) is 0 Å². The number of nitrogens with zero attached hydrogens (tertiary/aromatic N) is 1. The number of aryl methyl sites for hydroxylation is 1. The number of amides is 1. The Hall–Kier alpha value is -4.37. The van der Waals surface area contributed by atoms with Crippen molar-refractivity contribution >= 4 is 23.6 Å². The summed E-state index contributed by atoms with van der Waals surface area (Å²) in [6, 6.07) is 22.9. The van der Waals surface area contributed by atoms with Crippen molar-refractivity contribution in [2.75, 3.05) is 5.32 Å². The smallest absolute Gasteiger partial charge is 0.335 e. The molecule has 0 saturated carbocycles. The molecule has 0 aliphatic carbocycles. The standard InChI is InChI=1S/C26H22N2O4/c1-2-18-6-10-23(11-7-18)28-25(29)22(16-27)14-19-8-12-24(13-9-19)32-17-20-4-3-5-21(15-20)26(30)31/h3-15H,2,17H2,1H3,(H,28,29)(H,30,31). The van der Waals surface area contributed by atoms with Crippen LogP contribution < -0.4 is 10.1 Å². The Labute approximate surface area is 186 Å². The van der Waals surface area contributed by atoms with Crippen LogP contribution in [0.5, 0.6) is 5.75 Å². The van der Waals surface area contributed by atoms with Gasteiger partial charge in [-0.2, -0.15) is 5.26 Å². The summed E-state index contributed by atoms with van der Waals surface area (Å²) >= 11 is 0. The molecule has 3 aromatic rings. The molecule has 6 nitrogen and oxygen atoms in total. The zero-order valence-corrected chi connectivity index (χ0v) is 17.5. The highest BCUT2D eigenvalue weighted by molar-refractivity contribution is 6.09. The summed E-state index contributed by atoms with van der Waals surface area (Å²) in [4.78, 5) is 23.5. The van der Waals surface area contributed by atoms with Gasteiger partial charge in [0.05, 0.1) is 5.56 Å². The van der Waals surface area contributed by atoms with Crippen LogP contribution in [-0.4, -0.2) is 17.0 Å². The van der Waals surface area contributed by atoms with Gasteiger partial charge in [-0.3, -0.25) is 4.79 Å². The molecule has 2 N–H and O–H groups in total. The fourth-order valence-corrected chi connectivity index (χ4v) is 2.96. The topological polar surface area (TPSA) is 99.4 Å². The van der Waals surface area contributed by atoms with E-state index in [0.29, 0.717) is 17.0 Å². The normalized spacial score (nSPS) is 10.8. The van der Waals surface area contributed by atoms with Gasteiger partial charge in [0.15, 0.2) is 0 Å². The highest BCUT2D eigenvalue weighted by Gasteiger charge is 2.10. The Morgan fingerprint density at radius 2 is 1.75 bits per heavy atom. The molecule has 0 saturated heterocycles. The van der Waals surface area contributed by atoms with Crippen LogP contribution >= 0.6 is 0 Å². The van der Waals surface area contributed by atoms with Crippen molar-refractivity contribution in [3.63, 3.8) is 0 Å². The van der Waals surface area contributed by atoms with Crippen molar-refractivity contribution in [3.8, 4) is 11.8 Å². The maximum Gasteiger partial charge on any atom is 0.335 e. The molecular formula is C26H22N2O4. The lowest BCUT2D eigenvalue weighted by Gasteiger charge is -2.08. The Bertz CT molecular complexity index is 1170. The monoisotopic (exact) mass is 426 g/mol. The van der Waals surface area contributed by atoms with Crippen LogP contribution in [0.1, 0.15) is 34.0 Å². The van der Waals surface area contributed by atoms with Crippen LogP contribution in [0.15, 0.2) is 78.4 Å². The number of carboxylic acid groups (broad SMARTS) is 1. The van der Waals surface area contributed by atoms with E-state index in [0.717, 1.165) is 17.5 Å². The van der Waals surface area contributed by atoms with E-state index in [1.807, 2.05) is 30.3 Å². The molecule has 0 aliphatic rings. The molecule has 3 rings (SSSR count). The minimum absolute atomic E-state index is 0.0104. The molecule has 3 aromatic carbocycles. The first-order valence-corrected chi connectivity index (χ1v) is 10.1. The molecule has 0 aliphatic heterocycles. The SMILES string of the molecule is CCc1ccc(NC(=O)C(C#N)=Cc2ccc(OCc3cccc(C(=O)O)c3)cc2)cc1. The number of nitrogens with one attached hydrogen (secondary N) is 1. The van der Waals surface area contributed by atoms with Crippen LogP contribution in [0, 0.1) is 11.3 Å². The van der Waals surface area contributed by atoms with Gasteiger partial charge >= 0.3 is 5.97 Å². The molecule has 0 unspecified atom stereocenters. The summed E-state index contributed by atoms with van der Waals surface area (Å²) in [6.07, 6.45) is 2.42. The first-order chi connectivity index (χ1) is 15.5. The Kier molecular flexibility index (Phi) is 7.39. The van der Waals surface area contributed by atoms with Crippen molar-refractivity contribution < 1.29 is 19.4 Å². The largest absolute Gasteiger partial charge is 0.489 e. The third-order valence-electron chi connectivity index (χ3n) is 4.76. The maximum atomic E-state index is 12.4. The van der Waals surface area contributed by atoms with E-state index in [1.54, 1.807) is 42.5 Å². The zero-order valence-electron chi connectivity index (χ0n) is 17.5. The Balaban J connectivity index is 1.63. The second-order valence-corrected chi connectivity index (χ2v) is 7.04. The fraction of sp³-hybridized carbons (Fsp3) is 0.115. The lowest BCUT2D eigenvalue weighted by molar-refractivity contribution is -0.112. The summed E-state index contributed by atoms with van der Waals surface area (Å²) in [5, 5.41) is 21.2. The molecule has 1 amide bonds. The van der Waals surface area contributed by atoms with Gasteiger partial charge in [-0.1, -0.05) is 43.3 Å². The molecule has 0 aromatic heterocycles. The minimum Gasteiger partial charge on any atom is -0.489 e. The van der Waals surface area contributed by atoms with E-state index in [4.69, 9.17) is 9.84 Å². The van der Waals surface area contributed by atoms with Gasteiger partial charge in [-0.25, -0.2) is 4.79 Å². The van der Waals surface area contributed by atoms with Gasteiger partial charge in [0, 0.05) is 5.69 Å².